The quantitative estimate of drug-likeness (QED) is 0.232. The van der Waals surface area contributed by atoms with E-state index in [1.54, 1.807) is 0 Å². The Morgan fingerprint density at radius 1 is 1.05 bits per heavy atom. The van der Waals surface area contributed by atoms with Crippen molar-refractivity contribution in [3.63, 3.8) is 0 Å². The number of hydrogen-bond acceptors (Lipinski definition) is 8. The highest BCUT2D eigenvalue weighted by molar-refractivity contribution is 6.39. The normalized spacial score (nSPS) is 21.7. The summed E-state index contributed by atoms with van der Waals surface area (Å²) in [6.45, 7) is 1.27. The fraction of sp³-hybridized carbons (Fsp3) is 0.321. The van der Waals surface area contributed by atoms with Gasteiger partial charge in [-0.3, -0.25) is 4.98 Å². The number of alkyl halides is 3. The number of aromatic carboxylic acids is 1. The fourth-order valence-corrected chi connectivity index (χ4v) is 6.20. The molecule has 1 aromatic carbocycles. The number of nitrogens with zero attached hydrogens (tertiary/aromatic N) is 5. The molecule has 42 heavy (non-hydrogen) atoms. The number of aromatic nitrogens is 4. The Morgan fingerprint density at radius 2 is 1.76 bits per heavy atom. The summed E-state index contributed by atoms with van der Waals surface area (Å²) in [5.41, 5.74) is 0.276. The average molecular weight is 618 g/mol. The topological polar surface area (TPSA) is 118 Å². The monoisotopic (exact) mass is 617 g/mol. The molecule has 2 saturated carbocycles. The first-order valence-corrected chi connectivity index (χ1v) is 13.9. The summed E-state index contributed by atoms with van der Waals surface area (Å²) in [7, 11) is 0. The van der Waals surface area contributed by atoms with Gasteiger partial charge in [0.2, 0.25) is 0 Å². The molecule has 2 atom stereocenters. The van der Waals surface area contributed by atoms with Crippen LogP contribution in [0.25, 0.3) is 28.8 Å². The van der Waals surface area contributed by atoms with Crippen LogP contribution in [0.1, 0.15) is 46.0 Å². The van der Waals surface area contributed by atoms with Crippen LogP contribution < -0.4 is 4.90 Å². The van der Waals surface area contributed by atoms with Crippen LogP contribution in [0.15, 0.2) is 45.7 Å². The van der Waals surface area contributed by atoms with Crippen molar-refractivity contribution in [3.8, 4) is 22.7 Å². The Bertz CT molecular complexity index is 1720. The van der Waals surface area contributed by atoms with Crippen LogP contribution in [0, 0.1) is 17.8 Å². The molecule has 0 spiro atoms. The van der Waals surface area contributed by atoms with E-state index in [-0.39, 0.29) is 17.4 Å². The highest BCUT2D eigenvalue weighted by atomic mass is 35.5. The Balaban J connectivity index is 1.08. The lowest BCUT2D eigenvalue weighted by molar-refractivity contribution is -0.137. The molecule has 216 valence electrons. The van der Waals surface area contributed by atoms with Gasteiger partial charge in [0.25, 0.3) is 11.8 Å². The molecule has 1 N–H and O–H groups in total. The highest BCUT2D eigenvalue weighted by Crippen LogP contribution is 2.54. The molecule has 7 rings (SSSR count). The first-order chi connectivity index (χ1) is 20.1. The summed E-state index contributed by atoms with van der Waals surface area (Å²) >= 11 is 12.8. The van der Waals surface area contributed by atoms with Gasteiger partial charge in [-0.1, -0.05) is 40.5 Å². The van der Waals surface area contributed by atoms with Gasteiger partial charge in [0.15, 0.2) is 0 Å². The molecule has 1 aliphatic heterocycles. The molecule has 0 radical (unpaired) electrons. The maximum absolute atomic E-state index is 13.3. The van der Waals surface area contributed by atoms with Gasteiger partial charge in [0, 0.05) is 48.1 Å². The summed E-state index contributed by atoms with van der Waals surface area (Å²) in [6.07, 6.45) is 4.54. The van der Waals surface area contributed by atoms with Crippen LogP contribution in [0.5, 0.6) is 0 Å². The van der Waals surface area contributed by atoms with Crippen LogP contribution in [0.3, 0.4) is 0 Å². The largest absolute Gasteiger partial charge is 0.478 e. The molecule has 0 amide bonds. The molecule has 3 aromatic heterocycles. The molecule has 4 heterocycles. The van der Waals surface area contributed by atoms with Crippen molar-refractivity contribution >= 4 is 41.2 Å². The van der Waals surface area contributed by atoms with Crippen LogP contribution in [0.2, 0.25) is 10.0 Å². The number of fused-ring (bicyclic) bond motifs is 1. The number of rotatable bonds is 7. The van der Waals surface area contributed by atoms with Gasteiger partial charge in [-0.2, -0.15) is 18.2 Å². The highest BCUT2D eigenvalue weighted by Gasteiger charge is 2.55. The van der Waals surface area contributed by atoms with E-state index in [0.29, 0.717) is 64.1 Å². The molecular weight excluding hydrogens is 598 g/mol. The van der Waals surface area contributed by atoms with Gasteiger partial charge in [-0.25, -0.2) is 4.79 Å². The maximum Gasteiger partial charge on any atom is 0.416 e. The minimum absolute atomic E-state index is 0.114. The molecule has 0 bridgehead atoms. The minimum atomic E-state index is -4.73. The summed E-state index contributed by atoms with van der Waals surface area (Å²) in [6, 6.07) is 2.45. The number of allylic oxidation sites excluding steroid dienone is 1. The number of carboxylic acids is 1. The zero-order chi connectivity index (χ0) is 29.3. The Hall–Kier alpha value is -3.90. The predicted octanol–water partition coefficient (Wildman–Crippen LogP) is 7.08. The lowest BCUT2D eigenvalue weighted by Crippen LogP contribution is -2.24. The fourth-order valence-electron chi connectivity index (χ4n) is 5.66. The van der Waals surface area contributed by atoms with E-state index >= 15 is 0 Å². The number of halogens is 5. The molecule has 2 unspecified atom stereocenters. The zero-order valence-electron chi connectivity index (χ0n) is 21.5. The number of piperidine rings is 1. The smallest absolute Gasteiger partial charge is 0.416 e. The van der Waals surface area contributed by atoms with Crippen molar-refractivity contribution < 1.29 is 32.1 Å². The van der Waals surface area contributed by atoms with Crippen LogP contribution in [0.4, 0.5) is 19.1 Å². The number of carbonyl (C=O) groups is 1. The second-order valence-electron chi connectivity index (χ2n) is 10.7. The van der Waals surface area contributed by atoms with Gasteiger partial charge in [0.05, 0.1) is 21.2 Å². The summed E-state index contributed by atoms with van der Waals surface area (Å²) in [5.74, 6) is 0.660. The third-order valence-corrected chi connectivity index (χ3v) is 8.57. The van der Waals surface area contributed by atoms with Crippen LogP contribution >= 0.6 is 23.2 Å². The van der Waals surface area contributed by atoms with Crippen molar-refractivity contribution in [2.24, 2.45) is 17.8 Å². The van der Waals surface area contributed by atoms with Crippen molar-refractivity contribution in [2.45, 2.75) is 24.9 Å². The Morgan fingerprint density at radius 3 is 2.40 bits per heavy atom. The molecule has 3 aliphatic rings. The molecule has 4 aromatic rings. The van der Waals surface area contributed by atoms with Gasteiger partial charge in [-0.05, 0) is 54.0 Å². The number of hydrogen-bond donors (Lipinski definition) is 1. The summed E-state index contributed by atoms with van der Waals surface area (Å²) in [4.78, 5) is 21.6. The summed E-state index contributed by atoms with van der Waals surface area (Å²) in [5, 5.41) is 18.3. The lowest BCUT2D eigenvalue weighted by atomic mass is 10.0. The first kappa shape index (κ1) is 27.0. The van der Waals surface area contributed by atoms with E-state index in [4.69, 9.17) is 32.2 Å². The molecule has 2 aliphatic carbocycles. The maximum atomic E-state index is 13.3. The number of carboxylic acid groups (broad SMARTS) is 1. The average Bonchev–Trinajstić information content (AvgIpc) is 3.67. The van der Waals surface area contributed by atoms with E-state index in [0.717, 1.165) is 36.3 Å². The molecular formula is C28H20Cl2F3N5O4. The third kappa shape index (κ3) is 4.82. The minimum Gasteiger partial charge on any atom is -0.478 e. The van der Waals surface area contributed by atoms with Crippen molar-refractivity contribution in [3.05, 3.63) is 69.2 Å². The number of benzene rings is 1. The van der Waals surface area contributed by atoms with Crippen LogP contribution in [-0.4, -0.2) is 44.4 Å². The van der Waals surface area contributed by atoms with Gasteiger partial charge in [0.1, 0.15) is 11.5 Å². The van der Waals surface area contributed by atoms with Crippen molar-refractivity contribution in [2.75, 3.05) is 18.0 Å². The van der Waals surface area contributed by atoms with E-state index in [2.05, 4.69) is 26.4 Å². The van der Waals surface area contributed by atoms with E-state index < -0.39 is 23.3 Å². The number of anilines is 1. The molecule has 1 saturated heterocycles. The van der Waals surface area contributed by atoms with Gasteiger partial charge in [-0.15, -0.1) is 0 Å². The predicted molar refractivity (Wildman–Crippen MR) is 145 cm³/mol. The van der Waals surface area contributed by atoms with E-state index in [1.807, 2.05) is 11.0 Å². The van der Waals surface area contributed by atoms with Crippen molar-refractivity contribution in [1.29, 1.82) is 0 Å². The molecule has 14 heteroatoms. The zero-order valence-corrected chi connectivity index (χ0v) is 23.0. The van der Waals surface area contributed by atoms with E-state index in [9.17, 15) is 23.1 Å². The second-order valence-corrected chi connectivity index (χ2v) is 11.5. The number of pyridine rings is 1. The van der Waals surface area contributed by atoms with E-state index in [1.165, 1.54) is 12.4 Å². The van der Waals surface area contributed by atoms with Crippen LogP contribution in [-0.2, 0) is 6.18 Å². The molecule has 9 nitrogen and oxygen atoms in total. The Labute approximate surface area is 245 Å². The molecule has 3 fully saturated rings. The SMILES string of the molecule is O=C(O)c1cc(-c2nc(N3CC4C(C=Cc5c(-c6c(Cl)cncc6Cl)noc5C5CC5)C4C3)no2)cc(C(F)(F)F)c1. The summed E-state index contributed by atoms with van der Waals surface area (Å²) < 4.78 is 50.9. The van der Waals surface area contributed by atoms with Gasteiger partial charge >= 0.3 is 12.1 Å². The van der Waals surface area contributed by atoms with Crippen molar-refractivity contribution in [1.82, 2.24) is 20.3 Å². The second kappa shape index (κ2) is 9.84. The lowest BCUT2D eigenvalue weighted by Gasteiger charge is -2.15. The van der Waals surface area contributed by atoms with Gasteiger partial charge < -0.3 is 19.1 Å². The first-order valence-electron chi connectivity index (χ1n) is 13.1. The third-order valence-electron chi connectivity index (χ3n) is 7.99. The Kier molecular flexibility index (Phi) is 6.32. The standard InChI is InChI=1S/C28H20Cl2F3N5O4/c29-20-8-34-9-21(30)22(20)23-17(24(41-36-23)12-1-2-12)4-3-16-18-10-38(11-19(16)18)27-35-25(42-37-27)13-5-14(26(39)40)7-15(6-13)28(31,32)33/h3-9,12,16,18-19H,1-2,10-11H2,(H,39,40).